The zero-order valence-corrected chi connectivity index (χ0v) is 18.5. The van der Waals surface area contributed by atoms with Crippen molar-refractivity contribution in [3.8, 4) is 0 Å². The van der Waals surface area contributed by atoms with Crippen molar-refractivity contribution in [2.24, 2.45) is 11.8 Å². The van der Waals surface area contributed by atoms with Crippen LogP contribution in [-0.4, -0.2) is 38.3 Å². The van der Waals surface area contributed by atoms with Crippen LogP contribution in [0.15, 0.2) is 24.3 Å². The van der Waals surface area contributed by atoms with Crippen LogP contribution < -0.4 is 20.5 Å². The van der Waals surface area contributed by atoms with Gasteiger partial charge in [-0.2, -0.15) is 0 Å². The Morgan fingerprint density at radius 1 is 1.21 bits per heavy atom. The fourth-order valence-corrected chi connectivity index (χ4v) is 4.63. The Balaban J connectivity index is 1.93. The van der Waals surface area contributed by atoms with Crippen LogP contribution in [0.2, 0.25) is 0 Å². The number of sulfonamides is 1. The molecular formula is C19H30N4O3S2. The number of rotatable bonds is 5. The van der Waals surface area contributed by atoms with Gasteiger partial charge in [-0.1, -0.05) is 44.9 Å². The van der Waals surface area contributed by atoms with Gasteiger partial charge in [0.05, 0.1) is 11.9 Å². The Morgan fingerprint density at radius 2 is 1.89 bits per heavy atom. The number of hydrogen-bond donors (Lipinski definition) is 3. The first-order valence-electron chi connectivity index (χ1n) is 9.48. The standard InChI is InChI=1S/C19H30N4O3S2/c1-13-9-7-10-16(15(13)3)20-19(27)22-21-18(24)12-23(28(4,25)26)17-11-6-5-8-14(17)2/h5-6,8,11,13,15-16H,7,9-10,12H2,1-4H3,(H,21,24)(H2,20,22,27)/t13-,15-,16-/m0/s1. The van der Waals surface area contributed by atoms with Gasteiger partial charge >= 0.3 is 0 Å². The maximum absolute atomic E-state index is 12.3. The molecule has 3 N–H and O–H groups in total. The van der Waals surface area contributed by atoms with Crippen molar-refractivity contribution in [1.29, 1.82) is 0 Å². The van der Waals surface area contributed by atoms with Gasteiger partial charge in [0.15, 0.2) is 5.11 Å². The number of hydrazine groups is 1. The molecule has 1 aromatic rings. The van der Waals surface area contributed by atoms with E-state index in [1.807, 2.05) is 6.07 Å². The maximum atomic E-state index is 12.3. The topological polar surface area (TPSA) is 90.5 Å². The number of nitrogens with zero attached hydrogens (tertiary/aromatic N) is 1. The summed E-state index contributed by atoms with van der Waals surface area (Å²) >= 11 is 5.28. The highest BCUT2D eigenvalue weighted by Crippen LogP contribution is 2.29. The first-order valence-corrected chi connectivity index (χ1v) is 11.7. The predicted octanol–water partition coefficient (Wildman–Crippen LogP) is 2.08. The summed E-state index contributed by atoms with van der Waals surface area (Å²) in [7, 11) is -3.61. The van der Waals surface area contributed by atoms with E-state index in [4.69, 9.17) is 12.2 Å². The molecule has 1 amide bonds. The lowest BCUT2D eigenvalue weighted by Gasteiger charge is -2.35. The molecule has 1 aliphatic rings. The smallest absolute Gasteiger partial charge is 0.259 e. The third-order valence-electron chi connectivity index (χ3n) is 5.41. The lowest BCUT2D eigenvalue weighted by molar-refractivity contribution is -0.120. The van der Waals surface area contributed by atoms with E-state index in [9.17, 15) is 13.2 Å². The normalized spacial score (nSPS) is 22.2. The van der Waals surface area contributed by atoms with Crippen molar-refractivity contribution >= 4 is 38.9 Å². The van der Waals surface area contributed by atoms with Crippen molar-refractivity contribution in [3.05, 3.63) is 29.8 Å². The van der Waals surface area contributed by atoms with Gasteiger partial charge in [-0.15, -0.1) is 0 Å². The number of carbonyl (C=O) groups is 1. The number of carbonyl (C=O) groups excluding carboxylic acids is 1. The molecule has 2 rings (SSSR count). The monoisotopic (exact) mass is 426 g/mol. The van der Waals surface area contributed by atoms with E-state index in [0.717, 1.165) is 29.0 Å². The lowest BCUT2D eigenvalue weighted by Crippen LogP contribution is -2.54. The van der Waals surface area contributed by atoms with Crippen LogP contribution in [0.1, 0.15) is 38.7 Å². The van der Waals surface area contributed by atoms with E-state index in [1.165, 1.54) is 6.42 Å². The molecule has 3 atom stereocenters. The van der Waals surface area contributed by atoms with Crippen molar-refractivity contribution < 1.29 is 13.2 Å². The Morgan fingerprint density at radius 3 is 2.54 bits per heavy atom. The first-order chi connectivity index (χ1) is 13.1. The minimum Gasteiger partial charge on any atom is -0.358 e. The zero-order valence-electron chi connectivity index (χ0n) is 16.9. The molecule has 0 spiro atoms. The molecule has 7 nitrogen and oxygen atoms in total. The Hall–Kier alpha value is -1.87. The second-order valence-corrected chi connectivity index (χ2v) is 9.89. The van der Waals surface area contributed by atoms with Crippen LogP contribution in [0.25, 0.3) is 0 Å². The minimum atomic E-state index is -3.61. The Bertz CT molecular complexity index is 813. The molecule has 1 fully saturated rings. The molecule has 1 saturated carbocycles. The van der Waals surface area contributed by atoms with Crippen LogP contribution in [0, 0.1) is 18.8 Å². The van der Waals surface area contributed by atoms with E-state index in [-0.39, 0.29) is 12.6 Å². The highest BCUT2D eigenvalue weighted by atomic mass is 32.2. The molecule has 0 aliphatic heterocycles. The fraction of sp³-hybridized carbons (Fsp3) is 0.579. The maximum Gasteiger partial charge on any atom is 0.259 e. The summed E-state index contributed by atoms with van der Waals surface area (Å²) in [5.41, 5.74) is 6.43. The van der Waals surface area contributed by atoms with Crippen LogP contribution in [-0.2, 0) is 14.8 Å². The molecule has 0 saturated heterocycles. The number of hydrogen-bond acceptors (Lipinski definition) is 4. The highest BCUT2D eigenvalue weighted by Gasteiger charge is 2.27. The number of anilines is 1. The third-order valence-corrected chi connectivity index (χ3v) is 6.76. The molecule has 156 valence electrons. The number of aryl methyl sites for hydroxylation is 1. The quantitative estimate of drug-likeness (QED) is 0.493. The number of amides is 1. The van der Waals surface area contributed by atoms with Crippen molar-refractivity contribution in [2.45, 2.75) is 46.1 Å². The van der Waals surface area contributed by atoms with E-state index in [1.54, 1.807) is 25.1 Å². The average Bonchev–Trinajstić information content (AvgIpc) is 2.62. The van der Waals surface area contributed by atoms with Gasteiger partial charge in [0, 0.05) is 6.04 Å². The second kappa shape index (κ2) is 9.56. The van der Waals surface area contributed by atoms with Crippen LogP contribution in [0.5, 0.6) is 0 Å². The third kappa shape index (κ3) is 6.07. The molecule has 0 unspecified atom stereocenters. The van der Waals surface area contributed by atoms with Crippen LogP contribution >= 0.6 is 12.2 Å². The predicted molar refractivity (Wildman–Crippen MR) is 116 cm³/mol. The number of para-hydroxylation sites is 1. The summed E-state index contributed by atoms with van der Waals surface area (Å²) in [6.07, 6.45) is 4.49. The van der Waals surface area contributed by atoms with Crippen molar-refractivity contribution in [3.63, 3.8) is 0 Å². The minimum absolute atomic E-state index is 0.264. The summed E-state index contributed by atoms with van der Waals surface area (Å²) in [6.45, 7) is 5.90. The number of benzene rings is 1. The second-order valence-electron chi connectivity index (χ2n) is 7.58. The molecule has 0 heterocycles. The van der Waals surface area contributed by atoms with Gasteiger partial charge in [0.2, 0.25) is 10.0 Å². The largest absolute Gasteiger partial charge is 0.358 e. The van der Waals surface area contributed by atoms with Gasteiger partial charge in [-0.3, -0.25) is 20.0 Å². The molecule has 28 heavy (non-hydrogen) atoms. The zero-order chi connectivity index (χ0) is 20.9. The van der Waals surface area contributed by atoms with E-state index >= 15 is 0 Å². The summed E-state index contributed by atoms with van der Waals surface area (Å²) in [4.78, 5) is 12.3. The number of thiocarbonyl (C=S) groups is 1. The van der Waals surface area contributed by atoms with E-state index in [0.29, 0.717) is 22.6 Å². The van der Waals surface area contributed by atoms with Crippen molar-refractivity contribution in [2.75, 3.05) is 17.1 Å². The molecular weight excluding hydrogens is 396 g/mol. The van der Waals surface area contributed by atoms with E-state index < -0.39 is 15.9 Å². The fourth-order valence-electron chi connectivity index (χ4n) is 3.51. The summed E-state index contributed by atoms with van der Waals surface area (Å²) in [6, 6.07) is 7.30. The molecule has 0 aromatic heterocycles. The molecule has 9 heteroatoms. The van der Waals surface area contributed by atoms with E-state index in [2.05, 4.69) is 30.0 Å². The molecule has 1 aliphatic carbocycles. The van der Waals surface area contributed by atoms with Crippen LogP contribution in [0.4, 0.5) is 5.69 Å². The molecule has 0 bridgehead atoms. The summed E-state index contributed by atoms with van der Waals surface area (Å²) in [5.74, 6) is 0.620. The van der Waals surface area contributed by atoms with Gasteiger partial charge in [0.25, 0.3) is 5.91 Å². The lowest BCUT2D eigenvalue weighted by atomic mass is 9.78. The SMILES string of the molecule is Cc1ccccc1N(CC(=O)NNC(=S)N[C@H]1CCC[C@H](C)[C@@H]1C)S(C)(=O)=O. The highest BCUT2D eigenvalue weighted by molar-refractivity contribution is 7.92. The summed E-state index contributed by atoms with van der Waals surface area (Å²) < 4.78 is 25.4. The Kier molecular flexibility index (Phi) is 7.65. The summed E-state index contributed by atoms with van der Waals surface area (Å²) in [5, 5.41) is 3.59. The molecule has 0 radical (unpaired) electrons. The van der Waals surface area contributed by atoms with Gasteiger partial charge in [-0.25, -0.2) is 8.42 Å². The average molecular weight is 427 g/mol. The molecule has 1 aromatic carbocycles. The Labute approximate surface area is 173 Å². The first kappa shape index (κ1) is 22.4. The number of nitrogens with one attached hydrogen (secondary N) is 3. The van der Waals surface area contributed by atoms with Crippen LogP contribution in [0.3, 0.4) is 0 Å². The van der Waals surface area contributed by atoms with Gasteiger partial charge < -0.3 is 5.32 Å². The van der Waals surface area contributed by atoms with Crippen molar-refractivity contribution in [1.82, 2.24) is 16.2 Å². The van der Waals surface area contributed by atoms with Gasteiger partial charge in [-0.05, 0) is 49.0 Å². The van der Waals surface area contributed by atoms with Gasteiger partial charge in [0.1, 0.15) is 6.54 Å².